The highest BCUT2D eigenvalue weighted by Gasteiger charge is 2.31. The molecule has 4 nitrogen and oxygen atoms in total. The summed E-state index contributed by atoms with van der Waals surface area (Å²) >= 11 is 3.53. The van der Waals surface area contributed by atoms with E-state index in [1.807, 2.05) is 18.3 Å². The van der Waals surface area contributed by atoms with Crippen molar-refractivity contribution < 1.29 is 4.79 Å². The van der Waals surface area contributed by atoms with Crippen LogP contribution >= 0.6 is 22.7 Å². The molecule has 2 aromatic heterocycles. The number of thiazole rings is 1. The Balaban J connectivity index is 1.36. The van der Waals surface area contributed by atoms with Gasteiger partial charge in [0.2, 0.25) is 5.91 Å². The number of fused-ring (bicyclic) bond motifs is 1. The third-order valence-corrected chi connectivity index (χ3v) is 6.88. The number of nitrogens with zero attached hydrogens (tertiary/aromatic N) is 3. The molecule has 0 saturated carbocycles. The smallest absolute Gasteiger partial charge is 0.226 e. The SMILES string of the molecule is Cc1csc(N2CCC(C(=O)N3CCc4sccc4C3)CC2)n1. The van der Waals surface area contributed by atoms with Gasteiger partial charge in [0.25, 0.3) is 0 Å². The molecule has 4 heterocycles. The molecule has 0 aromatic carbocycles. The molecule has 2 aliphatic rings. The van der Waals surface area contributed by atoms with E-state index < -0.39 is 0 Å². The van der Waals surface area contributed by atoms with Crippen LogP contribution in [0, 0.1) is 12.8 Å². The minimum Gasteiger partial charge on any atom is -0.348 e. The van der Waals surface area contributed by atoms with E-state index in [1.165, 1.54) is 10.4 Å². The van der Waals surface area contributed by atoms with Crippen molar-refractivity contribution in [2.24, 2.45) is 5.92 Å². The van der Waals surface area contributed by atoms with Crippen molar-refractivity contribution in [1.29, 1.82) is 0 Å². The van der Waals surface area contributed by atoms with Crippen molar-refractivity contribution in [3.63, 3.8) is 0 Å². The zero-order chi connectivity index (χ0) is 15.8. The number of hydrogen-bond acceptors (Lipinski definition) is 5. The maximum atomic E-state index is 12.8. The number of amides is 1. The normalized spacial score (nSPS) is 19.0. The van der Waals surface area contributed by atoms with Crippen molar-refractivity contribution in [2.45, 2.75) is 32.7 Å². The average Bonchev–Trinajstić information content (AvgIpc) is 3.22. The van der Waals surface area contributed by atoms with Crippen LogP contribution in [0.2, 0.25) is 0 Å². The Labute approximate surface area is 144 Å². The second kappa shape index (κ2) is 6.24. The number of carbonyl (C=O) groups excluding carboxylic acids is 1. The molecule has 0 atom stereocenters. The first kappa shape index (κ1) is 15.1. The molecule has 0 N–H and O–H groups in total. The van der Waals surface area contributed by atoms with Gasteiger partial charge in [0.1, 0.15) is 0 Å². The van der Waals surface area contributed by atoms with E-state index in [4.69, 9.17) is 0 Å². The largest absolute Gasteiger partial charge is 0.348 e. The van der Waals surface area contributed by atoms with E-state index in [-0.39, 0.29) is 5.92 Å². The topological polar surface area (TPSA) is 36.4 Å². The quantitative estimate of drug-likeness (QED) is 0.836. The summed E-state index contributed by atoms with van der Waals surface area (Å²) in [6.07, 6.45) is 2.92. The Hall–Kier alpha value is -1.40. The van der Waals surface area contributed by atoms with Gasteiger partial charge in [-0.3, -0.25) is 4.79 Å². The third-order valence-electron chi connectivity index (χ3n) is 4.84. The number of hydrogen-bond donors (Lipinski definition) is 0. The number of rotatable bonds is 2. The van der Waals surface area contributed by atoms with Crippen molar-refractivity contribution in [3.8, 4) is 0 Å². The van der Waals surface area contributed by atoms with Crippen LogP contribution in [0.15, 0.2) is 16.8 Å². The number of aromatic nitrogens is 1. The summed E-state index contributed by atoms with van der Waals surface area (Å²) in [4.78, 5) is 23.3. The number of piperidine rings is 1. The molecule has 6 heteroatoms. The maximum absolute atomic E-state index is 12.8. The van der Waals surface area contributed by atoms with Gasteiger partial charge in [0.15, 0.2) is 5.13 Å². The summed E-state index contributed by atoms with van der Waals surface area (Å²) in [6.45, 7) is 5.62. The van der Waals surface area contributed by atoms with Crippen molar-refractivity contribution in [2.75, 3.05) is 24.5 Å². The third kappa shape index (κ3) is 3.02. The Bertz CT molecular complexity index is 700. The fourth-order valence-electron chi connectivity index (χ4n) is 3.50. The van der Waals surface area contributed by atoms with E-state index in [0.29, 0.717) is 5.91 Å². The predicted molar refractivity (Wildman–Crippen MR) is 95.2 cm³/mol. The lowest BCUT2D eigenvalue weighted by atomic mass is 9.94. The molecule has 0 radical (unpaired) electrons. The van der Waals surface area contributed by atoms with Crippen LogP contribution in [0.5, 0.6) is 0 Å². The number of thiophene rings is 1. The van der Waals surface area contributed by atoms with Gasteiger partial charge in [0, 0.05) is 42.4 Å². The van der Waals surface area contributed by atoms with Crippen LogP contribution in [-0.4, -0.2) is 35.4 Å². The van der Waals surface area contributed by atoms with E-state index in [9.17, 15) is 4.79 Å². The summed E-state index contributed by atoms with van der Waals surface area (Å²) in [5.41, 5.74) is 2.44. The van der Waals surface area contributed by atoms with Crippen LogP contribution in [0.25, 0.3) is 0 Å². The van der Waals surface area contributed by atoms with Gasteiger partial charge in [-0.25, -0.2) is 4.98 Å². The van der Waals surface area contributed by atoms with Gasteiger partial charge in [-0.2, -0.15) is 0 Å². The van der Waals surface area contributed by atoms with Crippen molar-refractivity contribution in [3.05, 3.63) is 33.0 Å². The molecule has 0 spiro atoms. The van der Waals surface area contributed by atoms with Crippen LogP contribution in [0.1, 0.15) is 29.0 Å². The molecular weight excluding hydrogens is 326 g/mol. The molecular formula is C17H21N3OS2. The molecule has 1 fully saturated rings. The molecule has 1 saturated heterocycles. The molecule has 0 bridgehead atoms. The van der Waals surface area contributed by atoms with Crippen LogP contribution in [0.3, 0.4) is 0 Å². The lowest BCUT2D eigenvalue weighted by molar-refractivity contribution is -0.137. The second-order valence-electron chi connectivity index (χ2n) is 6.41. The summed E-state index contributed by atoms with van der Waals surface area (Å²) in [7, 11) is 0. The summed E-state index contributed by atoms with van der Waals surface area (Å²) in [5.74, 6) is 0.546. The summed E-state index contributed by atoms with van der Waals surface area (Å²) < 4.78 is 0. The zero-order valence-corrected chi connectivity index (χ0v) is 15.0. The Kier molecular flexibility index (Phi) is 4.11. The molecule has 23 heavy (non-hydrogen) atoms. The van der Waals surface area contributed by atoms with Gasteiger partial charge in [-0.1, -0.05) is 0 Å². The molecule has 1 amide bonds. The number of carbonyl (C=O) groups is 1. The lowest BCUT2D eigenvalue weighted by Crippen LogP contribution is -2.44. The molecule has 2 aromatic rings. The minimum absolute atomic E-state index is 0.187. The lowest BCUT2D eigenvalue weighted by Gasteiger charge is -2.35. The average molecular weight is 348 g/mol. The molecule has 2 aliphatic heterocycles. The van der Waals surface area contributed by atoms with Gasteiger partial charge in [0.05, 0.1) is 5.69 Å². The number of anilines is 1. The fourth-order valence-corrected chi connectivity index (χ4v) is 5.25. The maximum Gasteiger partial charge on any atom is 0.226 e. The van der Waals surface area contributed by atoms with Crippen LogP contribution in [-0.2, 0) is 17.8 Å². The summed E-state index contributed by atoms with van der Waals surface area (Å²) in [6, 6.07) is 2.17. The highest BCUT2D eigenvalue weighted by Crippen LogP contribution is 2.29. The van der Waals surface area contributed by atoms with Gasteiger partial charge < -0.3 is 9.80 Å². The molecule has 0 unspecified atom stereocenters. The van der Waals surface area contributed by atoms with Crippen molar-refractivity contribution in [1.82, 2.24) is 9.88 Å². The highest BCUT2D eigenvalue weighted by molar-refractivity contribution is 7.13. The molecule has 4 rings (SSSR count). The first-order valence-corrected chi connectivity index (χ1v) is 9.98. The minimum atomic E-state index is 0.187. The fraction of sp³-hybridized carbons (Fsp3) is 0.529. The highest BCUT2D eigenvalue weighted by atomic mass is 32.1. The van der Waals surface area contributed by atoms with Crippen molar-refractivity contribution >= 4 is 33.7 Å². The first-order chi connectivity index (χ1) is 11.2. The standard InChI is InChI=1S/C17H21N3OS2/c1-12-11-23-17(18-12)19-6-2-13(3-7-19)16(21)20-8-4-15-14(10-20)5-9-22-15/h5,9,11,13H,2-4,6-8,10H2,1H3. The second-order valence-corrected chi connectivity index (χ2v) is 8.25. The van der Waals surface area contributed by atoms with E-state index >= 15 is 0 Å². The Morgan fingerprint density at radius 2 is 2.09 bits per heavy atom. The number of aryl methyl sites for hydroxylation is 1. The van der Waals surface area contributed by atoms with Gasteiger partial charge in [-0.15, -0.1) is 22.7 Å². The van der Waals surface area contributed by atoms with Crippen LogP contribution < -0.4 is 4.90 Å². The Morgan fingerprint density at radius 3 is 2.83 bits per heavy atom. The van der Waals surface area contributed by atoms with E-state index in [1.54, 1.807) is 11.3 Å². The molecule has 0 aliphatic carbocycles. The Morgan fingerprint density at radius 1 is 1.26 bits per heavy atom. The molecule has 122 valence electrons. The van der Waals surface area contributed by atoms with E-state index in [0.717, 1.165) is 56.3 Å². The van der Waals surface area contributed by atoms with Gasteiger partial charge in [-0.05, 0) is 43.2 Å². The zero-order valence-electron chi connectivity index (χ0n) is 13.3. The monoisotopic (exact) mass is 347 g/mol. The predicted octanol–water partition coefficient (Wildman–Crippen LogP) is 3.31. The van der Waals surface area contributed by atoms with E-state index in [2.05, 4.69) is 31.6 Å². The van der Waals surface area contributed by atoms with Gasteiger partial charge >= 0.3 is 0 Å². The first-order valence-electron chi connectivity index (χ1n) is 8.22. The summed E-state index contributed by atoms with van der Waals surface area (Å²) in [5, 5.41) is 5.35. The van der Waals surface area contributed by atoms with Crippen LogP contribution in [0.4, 0.5) is 5.13 Å².